The zero-order valence-corrected chi connectivity index (χ0v) is 9.89. The van der Waals surface area contributed by atoms with Gasteiger partial charge < -0.3 is 9.73 Å². The van der Waals surface area contributed by atoms with Crippen molar-refractivity contribution < 1.29 is 13.2 Å². The monoisotopic (exact) mass is 239 g/mol. The minimum atomic E-state index is -0.531. The molecule has 2 rings (SSSR count). The van der Waals surface area contributed by atoms with Crippen molar-refractivity contribution in [1.29, 1.82) is 0 Å². The molecular formula is C13H15F2NO. The van der Waals surface area contributed by atoms with E-state index in [1.165, 1.54) is 0 Å². The van der Waals surface area contributed by atoms with Gasteiger partial charge in [0.05, 0.1) is 11.9 Å². The van der Waals surface area contributed by atoms with Gasteiger partial charge in [-0.1, -0.05) is 13.8 Å². The maximum absolute atomic E-state index is 13.4. The first-order chi connectivity index (χ1) is 8.08. The van der Waals surface area contributed by atoms with Gasteiger partial charge in [0.2, 0.25) is 0 Å². The fourth-order valence-corrected chi connectivity index (χ4v) is 1.68. The van der Waals surface area contributed by atoms with E-state index < -0.39 is 11.6 Å². The van der Waals surface area contributed by atoms with Crippen LogP contribution in [0.5, 0.6) is 0 Å². The van der Waals surface area contributed by atoms with Crippen LogP contribution in [0.15, 0.2) is 22.6 Å². The van der Waals surface area contributed by atoms with Gasteiger partial charge in [-0.3, -0.25) is 0 Å². The van der Waals surface area contributed by atoms with Crippen molar-refractivity contribution in [2.45, 2.75) is 20.4 Å². The Hall–Kier alpha value is -1.42. The quantitative estimate of drug-likeness (QED) is 0.883. The van der Waals surface area contributed by atoms with Crippen LogP contribution in [0.1, 0.15) is 19.6 Å². The Morgan fingerprint density at radius 1 is 1.24 bits per heavy atom. The van der Waals surface area contributed by atoms with Gasteiger partial charge >= 0.3 is 0 Å². The van der Waals surface area contributed by atoms with Gasteiger partial charge in [0, 0.05) is 0 Å². The highest BCUT2D eigenvalue weighted by atomic mass is 19.1. The molecule has 17 heavy (non-hydrogen) atoms. The van der Waals surface area contributed by atoms with Crippen LogP contribution in [0.2, 0.25) is 0 Å². The molecule has 1 heterocycles. The normalized spacial score (nSPS) is 11.6. The number of halogens is 2. The smallest absolute Gasteiger partial charge is 0.172 e. The first-order valence-electron chi connectivity index (χ1n) is 5.65. The number of fused-ring (bicyclic) bond motifs is 1. The average molecular weight is 239 g/mol. The van der Waals surface area contributed by atoms with Crippen LogP contribution in [0.25, 0.3) is 11.0 Å². The molecule has 0 aliphatic rings. The van der Waals surface area contributed by atoms with Crippen LogP contribution >= 0.6 is 0 Å². The van der Waals surface area contributed by atoms with Gasteiger partial charge in [-0.25, -0.2) is 8.78 Å². The number of furan rings is 1. The van der Waals surface area contributed by atoms with E-state index in [2.05, 4.69) is 19.2 Å². The van der Waals surface area contributed by atoms with Crippen molar-refractivity contribution in [3.63, 3.8) is 0 Å². The third kappa shape index (κ3) is 2.64. The predicted molar refractivity (Wildman–Crippen MR) is 62.7 cm³/mol. The van der Waals surface area contributed by atoms with E-state index in [-0.39, 0.29) is 11.0 Å². The van der Waals surface area contributed by atoms with Crippen molar-refractivity contribution in [2.24, 2.45) is 5.92 Å². The Morgan fingerprint density at radius 3 is 2.59 bits per heavy atom. The van der Waals surface area contributed by atoms with Crippen molar-refractivity contribution in [2.75, 3.05) is 6.54 Å². The highest BCUT2D eigenvalue weighted by Gasteiger charge is 2.12. The van der Waals surface area contributed by atoms with Crippen LogP contribution in [0.3, 0.4) is 0 Å². The lowest BCUT2D eigenvalue weighted by molar-refractivity contribution is 0.474. The molecule has 0 saturated heterocycles. The second kappa shape index (κ2) is 4.84. The third-order valence-electron chi connectivity index (χ3n) is 2.49. The fourth-order valence-electron chi connectivity index (χ4n) is 1.68. The summed E-state index contributed by atoms with van der Waals surface area (Å²) < 4.78 is 32.0. The minimum absolute atomic E-state index is 0.00801. The zero-order chi connectivity index (χ0) is 12.4. The Labute approximate surface area is 98.6 Å². The molecule has 0 saturated carbocycles. The number of benzene rings is 1. The summed E-state index contributed by atoms with van der Waals surface area (Å²) in [5.74, 6) is 0.0780. The lowest BCUT2D eigenvalue weighted by Crippen LogP contribution is -2.18. The van der Waals surface area contributed by atoms with E-state index in [0.29, 0.717) is 18.2 Å². The van der Waals surface area contributed by atoms with Gasteiger partial charge in [-0.05, 0) is 30.7 Å². The summed E-state index contributed by atoms with van der Waals surface area (Å²) in [5.41, 5.74) is -0.00801. The predicted octanol–water partition coefficient (Wildman–Crippen LogP) is 3.46. The Morgan fingerprint density at radius 2 is 1.94 bits per heavy atom. The Bertz CT molecular complexity index is 480. The van der Waals surface area contributed by atoms with Crippen molar-refractivity contribution in [3.05, 3.63) is 35.6 Å². The largest absolute Gasteiger partial charge is 0.457 e. The number of nitrogens with one attached hydrogen (secondary N) is 1. The van der Waals surface area contributed by atoms with Gasteiger partial charge in [-0.15, -0.1) is 0 Å². The van der Waals surface area contributed by atoms with Crippen LogP contribution in [-0.4, -0.2) is 6.54 Å². The highest BCUT2D eigenvalue weighted by Crippen LogP contribution is 2.24. The van der Waals surface area contributed by atoms with Gasteiger partial charge in [0.25, 0.3) is 0 Å². The average Bonchev–Trinajstić information content (AvgIpc) is 2.68. The standard InChI is InChI=1S/C13H15F2NO/c1-8(2)6-16-7-9-5-10-11(14)3-4-12(15)13(10)17-9/h3-5,8,16H,6-7H2,1-2H3. The summed E-state index contributed by atoms with van der Waals surface area (Å²) in [6, 6.07) is 3.73. The lowest BCUT2D eigenvalue weighted by atomic mass is 10.2. The van der Waals surface area contributed by atoms with E-state index in [4.69, 9.17) is 4.42 Å². The Balaban J connectivity index is 2.20. The summed E-state index contributed by atoms with van der Waals surface area (Å²) in [6.45, 7) is 5.49. The molecule has 2 aromatic rings. The second-order valence-electron chi connectivity index (χ2n) is 4.51. The molecule has 0 atom stereocenters. The molecule has 0 bridgehead atoms. The topological polar surface area (TPSA) is 25.2 Å². The van der Waals surface area contributed by atoms with E-state index in [9.17, 15) is 8.78 Å². The molecule has 0 spiro atoms. The first-order valence-corrected chi connectivity index (χ1v) is 5.65. The van der Waals surface area contributed by atoms with E-state index in [1.54, 1.807) is 6.07 Å². The third-order valence-corrected chi connectivity index (χ3v) is 2.49. The Kier molecular flexibility index (Phi) is 3.43. The number of hydrogen-bond acceptors (Lipinski definition) is 2. The van der Waals surface area contributed by atoms with Crippen molar-refractivity contribution in [3.8, 4) is 0 Å². The number of rotatable bonds is 4. The maximum atomic E-state index is 13.4. The molecule has 0 unspecified atom stereocenters. The van der Waals surface area contributed by atoms with Crippen LogP contribution in [0, 0.1) is 17.6 Å². The summed E-state index contributed by atoms with van der Waals surface area (Å²) in [5, 5.41) is 3.36. The molecule has 1 aromatic heterocycles. The highest BCUT2D eigenvalue weighted by molar-refractivity contribution is 5.79. The second-order valence-corrected chi connectivity index (χ2v) is 4.51. The SMILES string of the molecule is CC(C)CNCc1cc2c(F)ccc(F)c2o1. The van der Waals surface area contributed by atoms with Crippen molar-refractivity contribution >= 4 is 11.0 Å². The molecule has 92 valence electrons. The molecule has 4 heteroatoms. The molecule has 2 nitrogen and oxygen atoms in total. The van der Waals surface area contributed by atoms with E-state index >= 15 is 0 Å². The van der Waals surface area contributed by atoms with Crippen LogP contribution < -0.4 is 5.32 Å². The summed E-state index contributed by atoms with van der Waals surface area (Å²) in [6.07, 6.45) is 0. The molecule has 1 aromatic carbocycles. The molecular weight excluding hydrogens is 224 g/mol. The fraction of sp³-hybridized carbons (Fsp3) is 0.385. The van der Waals surface area contributed by atoms with Gasteiger partial charge in [0.1, 0.15) is 11.6 Å². The lowest BCUT2D eigenvalue weighted by Gasteiger charge is -2.04. The molecule has 0 fully saturated rings. The summed E-state index contributed by atoms with van der Waals surface area (Å²) >= 11 is 0. The molecule has 0 radical (unpaired) electrons. The first kappa shape index (κ1) is 12.0. The van der Waals surface area contributed by atoms with Crippen LogP contribution in [0.4, 0.5) is 8.78 Å². The zero-order valence-electron chi connectivity index (χ0n) is 9.89. The molecule has 0 amide bonds. The van der Waals surface area contributed by atoms with Gasteiger partial charge in [-0.2, -0.15) is 0 Å². The molecule has 1 N–H and O–H groups in total. The van der Waals surface area contributed by atoms with Crippen LogP contribution in [-0.2, 0) is 6.54 Å². The van der Waals surface area contributed by atoms with Crippen molar-refractivity contribution in [1.82, 2.24) is 5.32 Å². The molecule has 0 aliphatic carbocycles. The van der Waals surface area contributed by atoms with E-state index in [1.807, 2.05) is 0 Å². The number of hydrogen-bond donors (Lipinski definition) is 1. The summed E-state index contributed by atoms with van der Waals surface area (Å²) in [4.78, 5) is 0. The maximum Gasteiger partial charge on any atom is 0.172 e. The molecule has 0 aliphatic heterocycles. The minimum Gasteiger partial charge on any atom is -0.457 e. The van der Waals surface area contributed by atoms with Gasteiger partial charge in [0.15, 0.2) is 11.4 Å². The summed E-state index contributed by atoms with van der Waals surface area (Å²) in [7, 11) is 0. The van der Waals surface area contributed by atoms with E-state index in [0.717, 1.165) is 18.7 Å².